The molecule has 1 aromatic carbocycles. The maximum atomic E-state index is 13.3. The molecule has 0 aromatic heterocycles. The van der Waals surface area contributed by atoms with Crippen LogP contribution in [0, 0.1) is 24.7 Å². The maximum Gasteiger partial charge on any atom is 0.173 e. The number of aliphatic hydroxyl groups excluding tert-OH is 2. The minimum Gasteiger partial charge on any atom is -0.511 e. The first-order chi connectivity index (χ1) is 13.3. The molecule has 6 nitrogen and oxygen atoms in total. The lowest BCUT2D eigenvalue weighted by molar-refractivity contribution is -0.127. The normalized spacial score (nSPS) is 26.7. The largest absolute Gasteiger partial charge is 0.511 e. The number of aryl methyl sites for hydroxylation is 1. The molecule has 3 N–H and O–H groups in total. The summed E-state index contributed by atoms with van der Waals surface area (Å²) in [5.41, 5.74) is 1.87. The number of phenolic OH excluding ortho intramolecular Hbond substituents is 1. The molecule has 0 radical (unpaired) electrons. The van der Waals surface area contributed by atoms with Crippen LogP contribution in [0.25, 0.3) is 5.76 Å². The van der Waals surface area contributed by atoms with Crippen LogP contribution in [0.5, 0.6) is 5.75 Å². The molecule has 3 aliphatic carbocycles. The Hall–Kier alpha value is -2.89. The lowest BCUT2D eigenvalue weighted by Crippen LogP contribution is -2.44. The molecule has 0 bridgehead atoms. The molecule has 4 rings (SSSR count). The number of allylic oxidation sites excluding steroid dienone is 3. The Morgan fingerprint density at radius 1 is 1.14 bits per heavy atom. The predicted molar refractivity (Wildman–Crippen MR) is 101 cm³/mol. The number of carbonyl (C=O) groups excluding carboxylic acids is 3. The molecular weight excluding hydrogens is 360 g/mol. The minimum atomic E-state index is -0.995. The van der Waals surface area contributed by atoms with Crippen molar-refractivity contribution < 1.29 is 29.7 Å². The third-order valence-electron chi connectivity index (χ3n) is 6.36. The van der Waals surface area contributed by atoms with Crippen LogP contribution in [0.3, 0.4) is 0 Å². The molecule has 1 saturated carbocycles. The van der Waals surface area contributed by atoms with Gasteiger partial charge in [-0.05, 0) is 48.8 Å². The maximum absolute atomic E-state index is 13.3. The molecule has 1 fully saturated rings. The number of fused-ring (bicyclic) bond motifs is 3. The zero-order valence-electron chi connectivity index (χ0n) is 15.8. The fourth-order valence-electron chi connectivity index (χ4n) is 5.01. The molecule has 3 unspecified atom stereocenters. The molecule has 0 heterocycles. The van der Waals surface area contributed by atoms with E-state index in [1.807, 2.05) is 6.92 Å². The van der Waals surface area contributed by atoms with Crippen LogP contribution in [-0.4, -0.2) is 32.7 Å². The van der Waals surface area contributed by atoms with Crippen LogP contribution >= 0.6 is 0 Å². The number of ketones is 3. The summed E-state index contributed by atoms with van der Waals surface area (Å²) in [7, 11) is 0. The molecule has 0 aliphatic heterocycles. The number of rotatable bonds is 2. The van der Waals surface area contributed by atoms with Crippen molar-refractivity contribution in [3.8, 4) is 5.75 Å². The van der Waals surface area contributed by atoms with Gasteiger partial charge in [0.1, 0.15) is 17.3 Å². The van der Waals surface area contributed by atoms with E-state index in [9.17, 15) is 29.7 Å². The second-order valence-corrected chi connectivity index (χ2v) is 7.92. The summed E-state index contributed by atoms with van der Waals surface area (Å²) in [6.07, 6.45) is 1.03. The molecule has 28 heavy (non-hydrogen) atoms. The van der Waals surface area contributed by atoms with Gasteiger partial charge in [0.2, 0.25) is 0 Å². The lowest BCUT2D eigenvalue weighted by atomic mass is 9.61. The number of phenols is 1. The molecular formula is C22H22O6. The van der Waals surface area contributed by atoms with Crippen LogP contribution in [-0.2, 0) is 20.8 Å². The van der Waals surface area contributed by atoms with Gasteiger partial charge in [0.25, 0.3) is 0 Å². The van der Waals surface area contributed by atoms with E-state index in [-0.39, 0.29) is 47.0 Å². The highest BCUT2D eigenvalue weighted by molar-refractivity contribution is 6.22. The zero-order chi connectivity index (χ0) is 20.3. The number of hydrogen-bond acceptors (Lipinski definition) is 6. The molecule has 1 aromatic rings. The van der Waals surface area contributed by atoms with Crippen molar-refractivity contribution in [3.05, 3.63) is 45.7 Å². The fraction of sp³-hybridized carbons (Fsp3) is 0.409. The Balaban J connectivity index is 1.87. The van der Waals surface area contributed by atoms with Gasteiger partial charge in [-0.15, -0.1) is 0 Å². The first-order valence-corrected chi connectivity index (χ1v) is 9.54. The summed E-state index contributed by atoms with van der Waals surface area (Å²) in [5, 5.41) is 31.7. The van der Waals surface area contributed by atoms with Gasteiger partial charge in [-0.1, -0.05) is 13.0 Å². The van der Waals surface area contributed by atoms with Crippen molar-refractivity contribution in [2.24, 2.45) is 17.8 Å². The van der Waals surface area contributed by atoms with Crippen LogP contribution in [0.2, 0.25) is 0 Å². The first kappa shape index (κ1) is 18.5. The molecule has 146 valence electrons. The molecule has 3 aliphatic rings. The third-order valence-corrected chi connectivity index (χ3v) is 6.36. The predicted octanol–water partition coefficient (Wildman–Crippen LogP) is 3.11. The van der Waals surface area contributed by atoms with Crippen molar-refractivity contribution in [2.45, 2.75) is 39.5 Å². The summed E-state index contributed by atoms with van der Waals surface area (Å²) >= 11 is 0. The van der Waals surface area contributed by atoms with Gasteiger partial charge >= 0.3 is 0 Å². The molecule has 6 heteroatoms. The van der Waals surface area contributed by atoms with Crippen LogP contribution in [0.4, 0.5) is 0 Å². The van der Waals surface area contributed by atoms with Crippen molar-refractivity contribution in [2.75, 3.05) is 0 Å². The molecule has 0 spiro atoms. The van der Waals surface area contributed by atoms with Crippen molar-refractivity contribution in [1.82, 2.24) is 0 Å². The Kier molecular flexibility index (Phi) is 4.17. The Morgan fingerprint density at radius 2 is 1.86 bits per heavy atom. The van der Waals surface area contributed by atoms with Crippen molar-refractivity contribution in [3.63, 3.8) is 0 Å². The Bertz CT molecular complexity index is 997. The molecule has 0 saturated heterocycles. The summed E-state index contributed by atoms with van der Waals surface area (Å²) < 4.78 is 0. The third kappa shape index (κ3) is 2.44. The van der Waals surface area contributed by atoms with Gasteiger partial charge in [-0.3, -0.25) is 14.4 Å². The van der Waals surface area contributed by atoms with Crippen molar-refractivity contribution >= 4 is 23.1 Å². The number of Topliss-reactive ketones (excluding diaryl/α,β-unsaturated/α-hetero) is 3. The highest BCUT2D eigenvalue weighted by Crippen LogP contribution is 2.50. The highest BCUT2D eigenvalue weighted by atomic mass is 16.3. The van der Waals surface area contributed by atoms with E-state index in [0.717, 1.165) is 11.1 Å². The monoisotopic (exact) mass is 382 g/mol. The summed E-state index contributed by atoms with van der Waals surface area (Å²) in [4.78, 5) is 37.8. The second-order valence-electron chi connectivity index (χ2n) is 7.92. The summed E-state index contributed by atoms with van der Waals surface area (Å²) in [6, 6.07) is 3.25. The van der Waals surface area contributed by atoms with E-state index in [1.165, 1.54) is 6.07 Å². The van der Waals surface area contributed by atoms with Crippen LogP contribution in [0.1, 0.15) is 42.9 Å². The standard InChI is InChI=1S/C22H22O6/c1-3-13(23)19-15(25)8-11-6-10-7-12-9(2)4-5-14(24)18(12)21(27)16(10)20(26)17(11)22(19)28/h4-5,10-11,17,24,27-28H,3,6-8H2,1-2H3. The fourth-order valence-corrected chi connectivity index (χ4v) is 5.01. The molecule has 0 amide bonds. The van der Waals surface area contributed by atoms with Gasteiger partial charge in [0.05, 0.1) is 17.1 Å². The first-order valence-electron chi connectivity index (χ1n) is 9.54. The number of carbonyl (C=O) groups is 3. The SMILES string of the molecule is CCC(=O)C1=C(O)C2C(=O)C3=C(O)c4c(O)ccc(C)c4CC3CC2CC1=O. The van der Waals surface area contributed by atoms with E-state index < -0.39 is 34.9 Å². The van der Waals surface area contributed by atoms with Crippen molar-refractivity contribution in [1.29, 1.82) is 0 Å². The Morgan fingerprint density at radius 3 is 2.54 bits per heavy atom. The van der Waals surface area contributed by atoms with E-state index in [4.69, 9.17) is 0 Å². The van der Waals surface area contributed by atoms with Gasteiger partial charge < -0.3 is 15.3 Å². The number of aliphatic hydroxyl groups is 2. The summed E-state index contributed by atoms with van der Waals surface area (Å²) in [5.74, 6) is -3.85. The average Bonchev–Trinajstić information content (AvgIpc) is 2.63. The van der Waals surface area contributed by atoms with Crippen LogP contribution < -0.4 is 0 Å². The van der Waals surface area contributed by atoms with E-state index in [1.54, 1.807) is 13.0 Å². The van der Waals surface area contributed by atoms with Gasteiger partial charge in [0, 0.05) is 18.4 Å². The van der Waals surface area contributed by atoms with E-state index in [0.29, 0.717) is 12.8 Å². The smallest absolute Gasteiger partial charge is 0.173 e. The van der Waals surface area contributed by atoms with Gasteiger partial charge in [-0.2, -0.15) is 0 Å². The van der Waals surface area contributed by atoms with E-state index >= 15 is 0 Å². The lowest BCUT2D eigenvalue weighted by Gasteiger charge is -2.41. The average molecular weight is 382 g/mol. The quantitative estimate of drug-likeness (QED) is 0.678. The zero-order valence-corrected chi connectivity index (χ0v) is 15.8. The van der Waals surface area contributed by atoms with Crippen LogP contribution in [0.15, 0.2) is 29.0 Å². The number of hydrogen-bond donors (Lipinski definition) is 3. The van der Waals surface area contributed by atoms with E-state index in [2.05, 4.69) is 0 Å². The number of aromatic hydroxyl groups is 1. The Labute approximate surface area is 162 Å². The topological polar surface area (TPSA) is 112 Å². The number of benzene rings is 1. The molecule has 3 atom stereocenters. The summed E-state index contributed by atoms with van der Waals surface area (Å²) in [6.45, 7) is 3.48. The highest BCUT2D eigenvalue weighted by Gasteiger charge is 2.50. The van der Waals surface area contributed by atoms with Gasteiger partial charge in [-0.25, -0.2) is 0 Å². The minimum absolute atomic E-state index is 0.0396. The van der Waals surface area contributed by atoms with Gasteiger partial charge in [0.15, 0.2) is 17.3 Å². The second kappa shape index (κ2) is 6.33.